The maximum absolute atomic E-state index is 12.4. The van der Waals surface area contributed by atoms with Gasteiger partial charge in [-0.3, -0.25) is 9.78 Å². The Kier molecular flexibility index (Phi) is 4.87. The van der Waals surface area contributed by atoms with Crippen LogP contribution in [-0.2, 0) is 0 Å². The Balaban J connectivity index is 1.35. The summed E-state index contributed by atoms with van der Waals surface area (Å²) in [5, 5.41) is 3.64. The molecule has 0 radical (unpaired) electrons. The van der Waals surface area contributed by atoms with Gasteiger partial charge in [0.2, 0.25) is 0 Å². The van der Waals surface area contributed by atoms with Crippen LogP contribution in [0.5, 0.6) is 0 Å². The molecule has 1 saturated heterocycles. The number of rotatable bonds is 4. The zero-order valence-electron chi connectivity index (χ0n) is 14.9. The highest BCUT2D eigenvalue weighted by molar-refractivity contribution is 5.96. The Morgan fingerprint density at radius 2 is 2.00 bits per heavy atom. The monoisotopic (exact) mass is 363 g/mol. The molecule has 0 aliphatic carbocycles. The van der Waals surface area contributed by atoms with E-state index >= 15 is 0 Å². The van der Waals surface area contributed by atoms with Gasteiger partial charge in [-0.25, -0.2) is 4.79 Å². The van der Waals surface area contributed by atoms with Crippen LogP contribution in [0.2, 0.25) is 0 Å². The fraction of sp³-hybridized carbons (Fsp3) is 0.286. The van der Waals surface area contributed by atoms with Crippen LogP contribution in [0.1, 0.15) is 23.2 Å². The maximum Gasteiger partial charge on any atom is 0.349 e. The second kappa shape index (κ2) is 7.61. The summed E-state index contributed by atoms with van der Waals surface area (Å²) >= 11 is 0. The van der Waals surface area contributed by atoms with Gasteiger partial charge in [0.05, 0.1) is 11.9 Å². The van der Waals surface area contributed by atoms with Gasteiger partial charge in [0.15, 0.2) is 0 Å². The number of anilines is 1. The van der Waals surface area contributed by atoms with E-state index in [2.05, 4.69) is 21.3 Å². The Morgan fingerprint density at radius 3 is 2.78 bits per heavy atom. The molecular formula is C21H21N3O3. The van der Waals surface area contributed by atoms with E-state index in [1.807, 2.05) is 24.4 Å². The molecule has 1 aromatic carbocycles. The van der Waals surface area contributed by atoms with E-state index in [-0.39, 0.29) is 11.5 Å². The molecule has 6 nitrogen and oxygen atoms in total. The number of nitrogens with zero attached hydrogens (tertiary/aromatic N) is 2. The fourth-order valence-electron chi connectivity index (χ4n) is 3.49. The summed E-state index contributed by atoms with van der Waals surface area (Å²) in [5.41, 5.74) is 1.08. The molecule has 3 aromatic rings. The number of pyridine rings is 1. The fourth-order valence-corrected chi connectivity index (χ4v) is 3.49. The van der Waals surface area contributed by atoms with Crippen molar-refractivity contribution in [3.63, 3.8) is 0 Å². The van der Waals surface area contributed by atoms with E-state index in [0.717, 1.165) is 37.0 Å². The summed E-state index contributed by atoms with van der Waals surface area (Å²) in [6, 6.07) is 12.8. The van der Waals surface area contributed by atoms with Crippen molar-refractivity contribution in [2.45, 2.75) is 12.8 Å². The first-order chi connectivity index (χ1) is 13.2. The van der Waals surface area contributed by atoms with Gasteiger partial charge in [0, 0.05) is 31.2 Å². The van der Waals surface area contributed by atoms with Crippen LogP contribution in [0.3, 0.4) is 0 Å². The van der Waals surface area contributed by atoms with Gasteiger partial charge in [-0.2, -0.15) is 0 Å². The van der Waals surface area contributed by atoms with E-state index in [1.165, 1.54) is 0 Å². The molecule has 1 aliphatic rings. The molecule has 2 aromatic heterocycles. The summed E-state index contributed by atoms with van der Waals surface area (Å²) in [6.45, 7) is 2.43. The quantitative estimate of drug-likeness (QED) is 0.722. The lowest BCUT2D eigenvalue weighted by Gasteiger charge is -2.33. The summed E-state index contributed by atoms with van der Waals surface area (Å²) in [5.74, 6) is 0.0264. The minimum atomic E-state index is -0.599. The van der Waals surface area contributed by atoms with Crippen LogP contribution in [0.4, 0.5) is 5.69 Å². The van der Waals surface area contributed by atoms with Crippen LogP contribution < -0.4 is 15.8 Å². The molecule has 0 spiro atoms. The number of aromatic nitrogens is 1. The number of nitrogens with one attached hydrogen (secondary N) is 1. The van der Waals surface area contributed by atoms with E-state index in [4.69, 9.17) is 4.42 Å². The molecule has 1 amide bonds. The molecule has 4 rings (SSSR count). The highest BCUT2D eigenvalue weighted by Crippen LogP contribution is 2.22. The molecule has 1 N–H and O–H groups in total. The van der Waals surface area contributed by atoms with E-state index < -0.39 is 5.63 Å². The molecule has 138 valence electrons. The van der Waals surface area contributed by atoms with Gasteiger partial charge in [0.25, 0.3) is 5.91 Å². The Morgan fingerprint density at radius 1 is 1.19 bits per heavy atom. The van der Waals surface area contributed by atoms with Crippen molar-refractivity contribution in [3.8, 4) is 0 Å². The predicted molar refractivity (Wildman–Crippen MR) is 104 cm³/mol. The topological polar surface area (TPSA) is 75.4 Å². The average Bonchev–Trinajstić information content (AvgIpc) is 2.72. The number of para-hydroxylation sites is 1. The molecule has 27 heavy (non-hydrogen) atoms. The smallest absolute Gasteiger partial charge is 0.349 e. The van der Waals surface area contributed by atoms with Gasteiger partial charge < -0.3 is 14.6 Å². The van der Waals surface area contributed by atoms with Crippen LogP contribution in [0.25, 0.3) is 11.0 Å². The summed E-state index contributed by atoms with van der Waals surface area (Å²) < 4.78 is 5.24. The van der Waals surface area contributed by atoms with Crippen LogP contribution in [0.15, 0.2) is 64.1 Å². The first-order valence-corrected chi connectivity index (χ1v) is 9.17. The van der Waals surface area contributed by atoms with Crippen molar-refractivity contribution in [2.24, 2.45) is 5.92 Å². The zero-order valence-corrected chi connectivity index (χ0v) is 14.9. The summed E-state index contributed by atoms with van der Waals surface area (Å²) in [4.78, 5) is 31.0. The third-order valence-electron chi connectivity index (χ3n) is 5.06. The lowest BCUT2D eigenvalue weighted by Crippen LogP contribution is -2.39. The third-order valence-corrected chi connectivity index (χ3v) is 5.06. The molecule has 0 bridgehead atoms. The first-order valence-electron chi connectivity index (χ1n) is 9.17. The van der Waals surface area contributed by atoms with Gasteiger partial charge >= 0.3 is 5.63 Å². The lowest BCUT2D eigenvalue weighted by atomic mass is 9.96. The van der Waals surface area contributed by atoms with Gasteiger partial charge in [0.1, 0.15) is 11.1 Å². The van der Waals surface area contributed by atoms with Crippen LogP contribution in [-0.4, -0.2) is 30.5 Å². The molecular weight excluding hydrogens is 342 g/mol. The maximum atomic E-state index is 12.4. The number of amides is 1. The van der Waals surface area contributed by atoms with Gasteiger partial charge in [-0.15, -0.1) is 0 Å². The molecule has 0 atom stereocenters. The number of fused-ring (bicyclic) bond motifs is 1. The summed E-state index contributed by atoms with van der Waals surface area (Å²) in [6.07, 6.45) is 5.62. The van der Waals surface area contributed by atoms with E-state index in [9.17, 15) is 9.59 Å². The van der Waals surface area contributed by atoms with Crippen LogP contribution >= 0.6 is 0 Å². The average molecular weight is 363 g/mol. The summed E-state index contributed by atoms with van der Waals surface area (Å²) in [7, 11) is 0. The number of hydrogen-bond acceptors (Lipinski definition) is 5. The second-order valence-corrected chi connectivity index (χ2v) is 6.84. The van der Waals surface area contributed by atoms with Crippen molar-refractivity contribution >= 4 is 22.6 Å². The van der Waals surface area contributed by atoms with Crippen molar-refractivity contribution in [1.82, 2.24) is 10.3 Å². The largest absolute Gasteiger partial charge is 0.422 e. The highest BCUT2D eigenvalue weighted by atomic mass is 16.4. The standard InChI is InChI=1S/C21H21N3O3/c25-20(18-12-16-4-1-2-6-19(16)27-21(18)26)23-13-15-7-10-24(11-8-15)17-5-3-9-22-14-17/h1-6,9,12,14-15H,7-8,10-11,13H2,(H,23,25). The molecule has 1 aliphatic heterocycles. The number of piperidine rings is 1. The van der Waals surface area contributed by atoms with Crippen molar-refractivity contribution in [1.29, 1.82) is 0 Å². The van der Waals surface area contributed by atoms with Gasteiger partial charge in [-0.05, 0) is 43.0 Å². The predicted octanol–water partition coefficient (Wildman–Crippen LogP) is 2.83. The second-order valence-electron chi connectivity index (χ2n) is 6.84. The first kappa shape index (κ1) is 17.3. The molecule has 3 heterocycles. The third kappa shape index (κ3) is 3.84. The van der Waals surface area contributed by atoms with E-state index in [0.29, 0.717) is 18.0 Å². The number of hydrogen-bond donors (Lipinski definition) is 1. The van der Waals surface area contributed by atoms with Crippen molar-refractivity contribution < 1.29 is 9.21 Å². The molecule has 0 saturated carbocycles. The number of carbonyl (C=O) groups excluding carboxylic acids is 1. The lowest BCUT2D eigenvalue weighted by molar-refractivity contribution is 0.0941. The normalized spacial score (nSPS) is 15.0. The minimum Gasteiger partial charge on any atom is -0.422 e. The molecule has 1 fully saturated rings. The van der Waals surface area contributed by atoms with Gasteiger partial charge in [-0.1, -0.05) is 18.2 Å². The highest BCUT2D eigenvalue weighted by Gasteiger charge is 2.21. The molecule has 0 unspecified atom stereocenters. The van der Waals surface area contributed by atoms with E-state index in [1.54, 1.807) is 24.4 Å². The Hall–Kier alpha value is -3.15. The Bertz CT molecular complexity index is 992. The van der Waals surface area contributed by atoms with Crippen molar-refractivity contribution in [2.75, 3.05) is 24.5 Å². The number of benzene rings is 1. The molecule has 6 heteroatoms. The SMILES string of the molecule is O=C(NCC1CCN(c2cccnc2)CC1)c1cc2ccccc2oc1=O. The Labute approximate surface area is 156 Å². The van der Waals surface area contributed by atoms with Crippen LogP contribution in [0, 0.1) is 5.92 Å². The minimum absolute atomic E-state index is 0.0569. The zero-order chi connectivity index (χ0) is 18.6. The number of carbonyl (C=O) groups is 1. The van der Waals surface area contributed by atoms with Crippen molar-refractivity contribution in [3.05, 3.63) is 70.8 Å².